The van der Waals surface area contributed by atoms with Crippen molar-refractivity contribution < 1.29 is 9.48 Å². The number of hydrogen-bond donors (Lipinski definition) is 2. The van der Waals surface area contributed by atoms with Crippen molar-refractivity contribution in [2.75, 3.05) is 11.1 Å². The first-order chi connectivity index (χ1) is 11.6. The van der Waals surface area contributed by atoms with Crippen LogP contribution in [0.15, 0.2) is 60.0 Å². The molecule has 0 saturated carbocycles. The number of thioether (sulfide) groups is 1. The molecule has 2 aromatic carbocycles. The highest BCUT2D eigenvalue weighted by Crippen LogP contribution is 2.17. The number of anilines is 1. The Kier molecular flexibility index (Phi) is 4.96. The van der Waals surface area contributed by atoms with Crippen molar-refractivity contribution in [3.63, 3.8) is 0 Å². The van der Waals surface area contributed by atoms with Crippen LogP contribution in [0, 0.1) is 13.8 Å². The summed E-state index contributed by atoms with van der Waals surface area (Å²) in [6.45, 7) is 4.03. The molecule has 3 aromatic rings. The van der Waals surface area contributed by atoms with Gasteiger partial charge in [-0.3, -0.25) is 4.79 Å². The summed E-state index contributed by atoms with van der Waals surface area (Å²) in [6.07, 6.45) is 1.62. The number of aryl methyl sites for hydroxylation is 2. The SMILES string of the molecule is Cc1ccc(NC(=O)CSc2nc[nH][n+]2-c2ccccc2)c(C)c1. The fraction of sp³-hybridized carbons (Fsp3) is 0.167. The molecule has 24 heavy (non-hydrogen) atoms. The lowest BCUT2D eigenvalue weighted by Crippen LogP contribution is -2.35. The molecule has 0 spiro atoms. The second-order valence-electron chi connectivity index (χ2n) is 5.50. The number of rotatable bonds is 5. The van der Waals surface area contributed by atoms with Crippen LogP contribution in [0.5, 0.6) is 0 Å². The van der Waals surface area contributed by atoms with E-state index in [9.17, 15) is 4.79 Å². The molecule has 0 aliphatic heterocycles. The maximum absolute atomic E-state index is 12.2. The standard InChI is InChI=1S/C18H18N4OS/c1-13-8-9-16(14(2)10-13)21-17(23)11-24-18-19-12-20-22(18)15-6-4-3-5-7-15/h3-10,12H,11H2,1-2H3,(H,21,23)/p+1. The van der Waals surface area contributed by atoms with Crippen molar-refractivity contribution in [2.24, 2.45) is 0 Å². The summed E-state index contributed by atoms with van der Waals surface area (Å²) >= 11 is 1.39. The van der Waals surface area contributed by atoms with Gasteiger partial charge in [0.2, 0.25) is 12.2 Å². The predicted octanol–water partition coefficient (Wildman–Crippen LogP) is 3.03. The molecule has 6 heteroatoms. The average Bonchev–Trinajstić information content (AvgIpc) is 3.05. The number of carbonyl (C=O) groups is 1. The first-order valence-corrected chi connectivity index (χ1v) is 8.63. The van der Waals surface area contributed by atoms with Gasteiger partial charge >= 0.3 is 5.16 Å². The molecule has 0 bridgehead atoms. The van der Waals surface area contributed by atoms with Gasteiger partial charge in [-0.05, 0) is 54.4 Å². The van der Waals surface area contributed by atoms with E-state index in [1.807, 2.05) is 61.0 Å². The molecule has 1 heterocycles. The first kappa shape index (κ1) is 16.3. The van der Waals surface area contributed by atoms with E-state index in [-0.39, 0.29) is 5.91 Å². The lowest BCUT2D eigenvalue weighted by atomic mass is 10.1. The number of para-hydroxylation sites is 1. The molecule has 3 rings (SSSR count). The van der Waals surface area contributed by atoms with Gasteiger partial charge in [-0.15, -0.1) is 4.68 Å². The smallest absolute Gasteiger partial charge is 0.325 e. The van der Waals surface area contributed by atoms with Crippen LogP contribution >= 0.6 is 11.8 Å². The third kappa shape index (κ3) is 3.83. The quantitative estimate of drug-likeness (QED) is 0.555. The van der Waals surface area contributed by atoms with Gasteiger partial charge in [0.1, 0.15) is 0 Å². The maximum atomic E-state index is 12.2. The lowest BCUT2D eigenvalue weighted by Gasteiger charge is -2.08. The fourth-order valence-corrected chi connectivity index (χ4v) is 3.14. The number of hydrogen-bond acceptors (Lipinski definition) is 3. The zero-order valence-electron chi connectivity index (χ0n) is 13.6. The number of aromatic nitrogens is 3. The summed E-state index contributed by atoms with van der Waals surface area (Å²) in [5.74, 6) is 0.250. The minimum absolute atomic E-state index is 0.0467. The third-order valence-electron chi connectivity index (χ3n) is 3.56. The lowest BCUT2D eigenvalue weighted by molar-refractivity contribution is -0.694. The van der Waals surface area contributed by atoms with Crippen LogP contribution in [-0.2, 0) is 4.79 Å². The highest BCUT2D eigenvalue weighted by molar-refractivity contribution is 7.99. The Bertz CT molecular complexity index is 845. The largest absolute Gasteiger partial charge is 0.385 e. The Hall–Kier alpha value is -2.60. The van der Waals surface area contributed by atoms with Gasteiger partial charge < -0.3 is 5.32 Å². The van der Waals surface area contributed by atoms with Crippen molar-refractivity contribution in [2.45, 2.75) is 19.0 Å². The van der Waals surface area contributed by atoms with Gasteiger partial charge in [-0.1, -0.05) is 35.9 Å². The fourth-order valence-electron chi connectivity index (χ4n) is 2.39. The normalized spacial score (nSPS) is 10.6. The van der Waals surface area contributed by atoms with Crippen LogP contribution in [0.4, 0.5) is 5.69 Å². The number of aromatic amines is 1. The summed E-state index contributed by atoms with van der Waals surface area (Å²) in [5.41, 5.74) is 4.07. The van der Waals surface area contributed by atoms with Gasteiger partial charge in [-0.25, -0.2) is 0 Å². The van der Waals surface area contributed by atoms with Crippen LogP contribution in [0.3, 0.4) is 0 Å². The minimum Gasteiger partial charge on any atom is -0.325 e. The van der Waals surface area contributed by atoms with E-state index >= 15 is 0 Å². The van der Waals surface area contributed by atoms with Gasteiger partial charge in [0.05, 0.1) is 5.75 Å². The van der Waals surface area contributed by atoms with Crippen LogP contribution in [0.1, 0.15) is 11.1 Å². The van der Waals surface area contributed by atoms with Crippen molar-refractivity contribution >= 4 is 23.4 Å². The summed E-state index contributed by atoms with van der Waals surface area (Å²) in [7, 11) is 0. The molecule has 0 atom stereocenters. The van der Waals surface area contributed by atoms with Crippen LogP contribution < -0.4 is 10.00 Å². The number of nitrogens with one attached hydrogen (secondary N) is 2. The zero-order chi connectivity index (χ0) is 16.9. The highest BCUT2D eigenvalue weighted by Gasteiger charge is 2.18. The Morgan fingerprint density at radius 2 is 2.00 bits per heavy atom. The number of carbonyl (C=O) groups excluding carboxylic acids is 1. The number of nitrogens with zero attached hydrogens (tertiary/aromatic N) is 2. The molecule has 0 aliphatic carbocycles. The van der Waals surface area contributed by atoms with E-state index in [1.165, 1.54) is 17.3 Å². The van der Waals surface area contributed by atoms with Crippen molar-refractivity contribution in [3.8, 4) is 5.69 Å². The molecular formula is C18H19N4OS+. The van der Waals surface area contributed by atoms with Gasteiger partial charge in [0, 0.05) is 5.69 Å². The second-order valence-corrected chi connectivity index (χ2v) is 6.44. The average molecular weight is 339 g/mol. The Morgan fingerprint density at radius 1 is 1.21 bits per heavy atom. The van der Waals surface area contributed by atoms with Crippen LogP contribution in [0.2, 0.25) is 0 Å². The molecule has 0 fully saturated rings. The van der Waals surface area contributed by atoms with E-state index in [0.29, 0.717) is 5.75 Å². The highest BCUT2D eigenvalue weighted by atomic mass is 32.2. The van der Waals surface area contributed by atoms with Gasteiger partial charge in [-0.2, -0.15) is 5.10 Å². The van der Waals surface area contributed by atoms with Gasteiger partial charge in [0.15, 0.2) is 5.69 Å². The van der Waals surface area contributed by atoms with Crippen molar-refractivity contribution in [3.05, 3.63) is 66.0 Å². The maximum Gasteiger partial charge on any atom is 0.385 e. The molecule has 0 radical (unpaired) electrons. The number of amides is 1. The topological polar surface area (TPSA) is 61.7 Å². The number of H-pyrrole nitrogens is 1. The molecule has 0 aliphatic rings. The summed E-state index contributed by atoms with van der Waals surface area (Å²) in [4.78, 5) is 16.5. The molecule has 0 unspecified atom stereocenters. The molecule has 5 nitrogen and oxygen atoms in total. The Labute approximate surface area is 145 Å². The van der Waals surface area contributed by atoms with E-state index in [2.05, 4.69) is 21.5 Å². The first-order valence-electron chi connectivity index (χ1n) is 7.64. The minimum atomic E-state index is -0.0467. The molecule has 2 N–H and O–H groups in total. The van der Waals surface area contributed by atoms with Crippen molar-refractivity contribution in [1.29, 1.82) is 0 Å². The Morgan fingerprint density at radius 3 is 2.75 bits per heavy atom. The number of benzene rings is 2. The molecule has 1 aromatic heterocycles. The monoisotopic (exact) mass is 339 g/mol. The zero-order valence-corrected chi connectivity index (χ0v) is 14.4. The summed E-state index contributed by atoms with van der Waals surface area (Å²) < 4.78 is 1.86. The van der Waals surface area contributed by atoms with Crippen LogP contribution in [0.25, 0.3) is 5.69 Å². The molecule has 122 valence electrons. The van der Waals surface area contributed by atoms with E-state index in [0.717, 1.165) is 22.1 Å². The van der Waals surface area contributed by atoms with E-state index in [1.54, 1.807) is 6.33 Å². The molecule has 0 saturated heterocycles. The molecular weight excluding hydrogens is 320 g/mol. The predicted molar refractivity (Wildman–Crippen MR) is 95.4 cm³/mol. The van der Waals surface area contributed by atoms with Crippen molar-refractivity contribution in [1.82, 2.24) is 10.1 Å². The second kappa shape index (κ2) is 7.31. The van der Waals surface area contributed by atoms with Gasteiger partial charge in [0.25, 0.3) is 0 Å². The third-order valence-corrected chi connectivity index (χ3v) is 4.51. The van der Waals surface area contributed by atoms with Crippen LogP contribution in [-0.4, -0.2) is 21.7 Å². The summed E-state index contributed by atoms with van der Waals surface area (Å²) in [6, 6.07) is 15.8. The van der Waals surface area contributed by atoms with E-state index < -0.39 is 0 Å². The Balaban J connectivity index is 1.64. The van der Waals surface area contributed by atoms with E-state index in [4.69, 9.17) is 0 Å². The summed E-state index contributed by atoms with van der Waals surface area (Å²) in [5, 5.41) is 6.76. The molecule has 1 amide bonds.